The van der Waals surface area contributed by atoms with Gasteiger partial charge in [0.2, 0.25) is 17.6 Å². The van der Waals surface area contributed by atoms with Crippen LogP contribution in [-0.2, 0) is 11.2 Å². The third kappa shape index (κ3) is 7.23. The van der Waals surface area contributed by atoms with E-state index >= 15 is 0 Å². The van der Waals surface area contributed by atoms with Gasteiger partial charge in [-0.2, -0.15) is 4.98 Å². The third-order valence-electron chi connectivity index (χ3n) is 5.68. The lowest BCUT2D eigenvalue weighted by Gasteiger charge is -2.15. The van der Waals surface area contributed by atoms with Crippen LogP contribution in [0.5, 0.6) is 5.75 Å². The molecule has 8 nitrogen and oxygen atoms in total. The van der Waals surface area contributed by atoms with Crippen molar-refractivity contribution in [1.29, 1.82) is 0 Å². The van der Waals surface area contributed by atoms with Gasteiger partial charge in [0.05, 0.1) is 7.11 Å². The lowest BCUT2D eigenvalue weighted by molar-refractivity contribution is -0.122. The fourth-order valence-electron chi connectivity index (χ4n) is 3.70. The molecule has 3 aromatic carbocycles. The number of methoxy groups -OCH3 is 1. The Morgan fingerprint density at radius 3 is 2.43 bits per heavy atom. The van der Waals surface area contributed by atoms with Gasteiger partial charge in [-0.25, -0.2) is 4.39 Å². The van der Waals surface area contributed by atoms with E-state index in [2.05, 4.69) is 20.8 Å². The number of carbonyl (C=O) groups excluding carboxylic acids is 2. The van der Waals surface area contributed by atoms with Crippen LogP contribution < -0.4 is 15.4 Å². The van der Waals surface area contributed by atoms with Gasteiger partial charge in [0.15, 0.2) is 0 Å². The molecule has 9 heteroatoms. The average molecular weight is 503 g/mol. The van der Waals surface area contributed by atoms with Gasteiger partial charge in [0, 0.05) is 30.5 Å². The Kier molecular flexibility index (Phi) is 8.59. The van der Waals surface area contributed by atoms with Gasteiger partial charge in [-0.1, -0.05) is 35.5 Å². The Labute approximate surface area is 213 Å². The smallest absolute Gasteiger partial charge is 0.251 e. The Balaban J connectivity index is 1.35. The van der Waals surface area contributed by atoms with E-state index in [1.807, 2.05) is 30.3 Å². The topological polar surface area (TPSA) is 106 Å². The van der Waals surface area contributed by atoms with E-state index in [4.69, 9.17) is 9.26 Å². The molecule has 0 radical (unpaired) electrons. The molecule has 0 aliphatic heterocycles. The number of benzene rings is 3. The summed E-state index contributed by atoms with van der Waals surface area (Å²) < 4.78 is 23.8. The molecule has 4 aromatic rings. The molecular weight excluding hydrogens is 475 g/mol. The Hall–Kier alpha value is -4.53. The van der Waals surface area contributed by atoms with Gasteiger partial charge in [-0.3, -0.25) is 9.59 Å². The van der Waals surface area contributed by atoms with Gasteiger partial charge >= 0.3 is 0 Å². The first-order chi connectivity index (χ1) is 18.0. The number of nitrogens with zero attached hydrogens (tertiary/aromatic N) is 2. The maximum Gasteiger partial charge on any atom is 0.251 e. The standard InChI is InChI=1S/C28H27FN4O4/c1-36-23-15-11-21(12-16-23)27(35)30-17-5-8-25(34)31-24(18-19-6-3-2-4-7-19)28-32-26(33-37-28)20-9-13-22(29)14-10-20/h2-4,6-7,9-16,24H,5,8,17-18H2,1H3,(H,30,35)(H,31,34)/t24-/m1/s1. The summed E-state index contributed by atoms with van der Waals surface area (Å²) in [5.74, 6) is 0.449. The van der Waals surface area contributed by atoms with E-state index < -0.39 is 6.04 Å². The second-order valence-electron chi connectivity index (χ2n) is 8.36. The minimum absolute atomic E-state index is 0.202. The molecular formula is C28H27FN4O4. The summed E-state index contributed by atoms with van der Waals surface area (Å²) >= 11 is 0. The lowest BCUT2D eigenvalue weighted by atomic mass is 10.1. The molecule has 2 N–H and O–H groups in total. The largest absolute Gasteiger partial charge is 0.497 e. The van der Waals surface area contributed by atoms with E-state index in [-0.39, 0.29) is 29.9 Å². The molecule has 1 atom stereocenters. The maximum absolute atomic E-state index is 13.3. The average Bonchev–Trinajstić information content (AvgIpc) is 3.42. The normalized spacial score (nSPS) is 11.5. The van der Waals surface area contributed by atoms with E-state index in [9.17, 15) is 14.0 Å². The van der Waals surface area contributed by atoms with Crippen LogP contribution in [0.2, 0.25) is 0 Å². The summed E-state index contributed by atoms with van der Waals surface area (Å²) in [6.07, 6.45) is 1.11. The zero-order valence-electron chi connectivity index (χ0n) is 20.3. The van der Waals surface area contributed by atoms with E-state index in [0.717, 1.165) is 5.56 Å². The number of rotatable bonds is 11. The van der Waals surface area contributed by atoms with Gasteiger partial charge in [0.1, 0.15) is 17.6 Å². The van der Waals surface area contributed by atoms with Crippen LogP contribution in [0.3, 0.4) is 0 Å². The summed E-state index contributed by atoms with van der Waals surface area (Å²) in [6.45, 7) is 0.344. The van der Waals surface area contributed by atoms with E-state index in [1.54, 1.807) is 43.5 Å². The number of aromatic nitrogens is 2. The monoisotopic (exact) mass is 502 g/mol. The maximum atomic E-state index is 13.3. The zero-order valence-corrected chi connectivity index (χ0v) is 20.3. The minimum Gasteiger partial charge on any atom is -0.497 e. The number of halogens is 1. The van der Waals surface area contributed by atoms with Crippen molar-refractivity contribution in [3.8, 4) is 17.1 Å². The highest BCUT2D eigenvalue weighted by atomic mass is 19.1. The van der Waals surface area contributed by atoms with Crippen molar-refractivity contribution in [3.05, 3.63) is 102 Å². The first-order valence-corrected chi connectivity index (χ1v) is 11.9. The summed E-state index contributed by atoms with van der Waals surface area (Å²) in [6, 6.07) is 21.7. The van der Waals surface area contributed by atoms with E-state index in [1.165, 1.54) is 12.1 Å². The molecule has 0 aliphatic carbocycles. The molecule has 0 spiro atoms. The molecule has 0 aliphatic rings. The number of ether oxygens (including phenoxy) is 1. The highest BCUT2D eigenvalue weighted by Gasteiger charge is 2.22. The quantitative estimate of drug-likeness (QED) is 0.293. The number of hydrogen-bond acceptors (Lipinski definition) is 6. The third-order valence-corrected chi connectivity index (χ3v) is 5.68. The minimum atomic E-state index is -0.550. The predicted molar refractivity (Wildman–Crippen MR) is 135 cm³/mol. The first kappa shape index (κ1) is 25.6. The molecule has 1 aromatic heterocycles. The Morgan fingerprint density at radius 1 is 1.00 bits per heavy atom. The Morgan fingerprint density at radius 2 is 1.73 bits per heavy atom. The van der Waals surface area contributed by atoms with Crippen molar-refractivity contribution in [2.75, 3.05) is 13.7 Å². The van der Waals surface area contributed by atoms with Crippen LogP contribution in [0.4, 0.5) is 4.39 Å². The molecule has 0 bridgehead atoms. The summed E-state index contributed by atoms with van der Waals surface area (Å²) in [4.78, 5) is 29.5. The van der Waals surface area contributed by atoms with Crippen LogP contribution >= 0.6 is 0 Å². The number of nitrogens with one attached hydrogen (secondary N) is 2. The second-order valence-corrected chi connectivity index (χ2v) is 8.36. The summed E-state index contributed by atoms with van der Waals surface area (Å²) in [5, 5.41) is 9.79. The van der Waals surface area contributed by atoms with Crippen molar-refractivity contribution in [3.63, 3.8) is 0 Å². The summed E-state index contributed by atoms with van der Waals surface area (Å²) in [7, 11) is 1.56. The highest BCUT2D eigenvalue weighted by Crippen LogP contribution is 2.22. The fourth-order valence-corrected chi connectivity index (χ4v) is 3.70. The molecule has 0 unspecified atom stereocenters. The molecule has 0 fully saturated rings. The molecule has 2 amide bonds. The molecule has 37 heavy (non-hydrogen) atoms. The molecule has 0 saturated carbocycles. The summed E-state index contributed by atoms with van der Waals surface area (Å²) in [5.41, 5.74) is 2.11. The predicted octanol–water partition coefficient (Wildman–Crippen LogP) is 4.49. The van der Waals surface area contributed by atoms with Crippen LogP contribution in [0.25, 0.3) is 11.4 Å². The number of hydrogen-bond donors (Lipinski definition) is 2. The molecule has 0 saturated heterocycles. The number of amides is 2. The van der Waals surface area contributed by atoms with E-state index in [0.29, 0.717) is 42.1 Å². The lowest BCUT2D eigenvalue weighted by Crippen LogP contribution is -2.31. The fraction of sp³-hybridized carbons (Fsp3) is 0.214. The van der Waals surface area contributed by atoms with Crippen LogP contribution in [0, 0.1) is 5.82 Å². The first-order valence-electron chi connectivity index (χ1n) is 11.9. The van der Waals surface area contributed by atoms with Crippen LogP contribution in [0.1, 0.15) is 40.7 Å². The van der Waals surface area contributed by atoms with Crippen molar-refractivity contribution in [2.24, 2.45) is 0 Å². The highest BCUT2D eigenvalue weighted by molar-refractivity contribution is 5.94. The Bertz CT molecular complexity index is 1310. The van der Waals surface area contributed by atoms with Crippen LogP contribution in [-0.4, -0.2) is 35.6 Å². The molecule has 4 rings (SSSR count). The molecule has 190 valence electrons. The van der Waals surface area contributed by atoms with Gasteiger partial charge < -0.3 is 19.9 Å². The van der Waals surface area contributed by atoms with Gasteiger partial charge in [0.25, 0.3) is 5.91 Å². The number of carbonyl (C=O) groups is 2. The second kappa shape index (κ2) is 12.4. The van der Waals surface area contributed by atoms with Crippen molar-refractivity contribution in [2.45, 2.75) is 25.3 Å². The van der Waals surface area contributed by atoms with Gasteiger partial charge in [-0.15, -0.1) is 0 Å². The molecule has 1 heterocycles. The van der Waals surface area contributed by atoms with Gasteiger partial charge in [-0.05, 0) is 60.5 Å². The zero-order chi connectivity index (χ0) is 26.0. The van der Waals surface area contributed by atoms with Crippen molar-refractivity contribution >= 4 is 11.8 Å². The van der Waals surface area contributed by atoms with Crippen molar-refractivity contribution in [1.82, 2.24) is 20.8 Å². The SMILES string of the molecule is COc1ccc(C(=O)NCCCC(=O)N[C@H](Cc2ccccc2)c2nc(-c3ccc(F)cc3)no2)cc1. The van der Waals surface area contributed by atoms with Crippen LogP contribution in [0.15, 0.2) is 83.4 Å². The van der Waals surface area contributed by atoms with Crippen molar-refractivity contribution < 1.29 is 23.2 Å².